The monoisotopic (exact) mass is 495 g/mol. The molecule has 1 saturated heterocycles. The molecule has 0 bridgehead atoms. The molecule has 0 unspecified atom stereocenters. The van der Waals surface area contributed by atoms with Gasteiger partial charge in [0.15, 0.2) is 10.8 Å². The maximum absolute atomic E-state index is 13.3. The summed E-state index contributed by atoms with van der Waals surface area (Å²) in [6.45, 7) is 7.14. The highest BCUT2D eigenvalue weighted by Gasteiger charge is 2.27. The summed E-state index contributed by atoms with van der Waals surface area (Å²) in [4.78, 5) is 21.8. The Kier molecular flexibility index (Phi) is 7.18. The highest BCUT2D eigenvalue weighted by atomic mass is 32.2. The molecule has 1 aliphatic rings. The number of ketones is 1. The van der Waals surface area contributed by atoms with E-state index >= 15 is 0 Å². The fourth-order valence-electron chi connectivity index (χ4n) is 4.32. The van der Waals surface area contributed by atoms with Gasteiger partial charge in [-0.05, 0) is 69.0 Å². The van der Waals surface area contributed by atoms with Crippen molar-refractivity contribution in [1.29, 1.82) is 0 Å². The van der Waals surface area contributed by atoms with Crippen molar-refractivity contribution in [3.05, 3.63) is 70.4 Å². The molecule has 35 heavy (non-hydrogen) atoms. The van der Waals surface area contributed by atoms with E-state index in [1.54, 1.807) is 12.1 Å². The van der Waals surface area contributed by atoms with Crippen molar-refractivity contribution in [2.75, 3.05) is 24.7 Å². The maximum atomic E-state index is 13.3. The Bertz CT molecular complexity index is 1340. The third kappa shape index (κ3) is 5.68. The number of nitrogens with two attached hydrogens (primary N) is 1. The molecule has 9 heteroatoms. The van der Waals surface area contributed by atoms with E-state index in [-0.39, 0.29) is 28.2 Å². The fourth-order valence-corrected chi connectivity index (χ4v) is 5.50. The Morgan fingerprint density at radius 2 is 1.74 bits per heavy atom. The second-order valence-electron chi connectivity index (χ2n) is 8.89. The Balaban J connectivity index is 1.72. The molecule has 184 valence electrons. The Morgan fingerprint density at radius 3 is 2.40 bits per heavy atom. The molecule has 3 heterocycles. The highest BCUT2D eigenvalue weighted by Crippen LogP contribution is 2.34. The van der Waals surface area contributed by atoms with Crippen LogP contribution in [0.4, 0.5) is 5.82 Å². The number of aryl methyl sites for hydroxylation is 3. The van der Waals surface area contributed by atoms with Crippen molar-refractivity contribution >= 4 is 21.4 Å². The zero-order valence-electron chi connectivity index (χ0n) is 20.1. The molecule has 4 rings (SSSR count). The predicted molar refractivity (Wildman–Crippen MR) is 133 cm³/mol. The average molecular weight is 496 g/mol. The van der Waals surface area contributed by atoms with E-state index in [0.717, 1.165) is 35.2 Å². The fraction of sp³-hybridized carbons (Fsp3) is 0.346. The van der Waals surface area contributed by atoms with Gasteiger partial charge in [0.2, 0.25) is 15.7 Å². The number of nitrogens with zero attached hydrogens (tertiary/aromatic N) is 2. The second-order valence-corrected chi connectivity index (χ2v) is 10.8. The van der Waals surface area contributed by atoms with Gasteiger partial charge in [0.1, 0.15) is 17.3 Å². The lowest BCUT2D eigenvalue weighted by atomic mass is 9.95. The average Bonchev–Trinajstić information content (AvgIpc) is 2.81. The van der Waals surface area contributed by atoms with Crippen LogP contribution in [0, 0.1) is 20.8 Å². The number of hydrogen-bond acceptors (Lipinski definition) is 8. The predicted octanol–water partition coefficient (Wildman–Crippen LogP) is 4.33. The minimum Gasteiger partial charge on any atom is -0.438 e. The van der Waals surface area contributed by atoms with Crippen LogP contribution in [0.15, 0.2) is 47.5 Å². The number of ether oxygens (including phenoxy) is 2. The second kappa shape index (κ2) is 10.1. The van der Waals surface area contributed by atoms with Crippen LogP contribution in [0.5, 0.6) is 11.6 Å². The number of sulfone groups is 1. The zero-order valence-corrected chi connectivity index (χ0v) is 20.9. The Morgan fingerprint density at radius 1 is 1.06 bits per heavy atom. The number of benzene rings is 1. The third-order valence-corrected chi connectivity index (χ3v) is 7.52. The zero-order chi connectivity index (χ0) is 25.2. The van der Waals surface area contributed by atoms with Crippen LogP contribution in [0.2, 0.25) is 0 Å². The molecule has 0 spiro atoms. The first-order valence-corrected chi connectivity index (χ1v) is 13.1. The van der Waals surface area contributed by atoms with E-state index in [1.165, 1.54) is 18.2 Å². The molecular formula is C26H29N3O5S. The van der Waals surface area contributed by atoms with Gasteiger partial charge in [-0.1, -0.05) is 23.8 Å². The number of aromatic nitrogens is 2. The number of hydrogen-bond donors (Lipinski definition) is 1. The molecule has 0 aliphatic carbocycles. The molecule has 0 atom stereocenters. The Hall–Kier alpha value is -3.30. The van der Waals surface area contributed by atoms with Crippen LogP contribution >= 0.6 is 0 Å². The number of nitrogen functional groups attached to an aromatic ring is 1. The van der Waals surface area contributed by atoms with Crippen LogP contribution in [0.1, 0.15) is 51.5 Å². The van der Waals surface area contributed by atoms with E-state index in [1.807, 2.05) is 32.9 Å². The molecule has 1 aromatic carbocycles. The van der Waals surface area contributed by atoms with E-state index in [9.17, 15) is 13.2 Å². The molecular weight excluding hydrogens is 466 g/mol. The van der Waals surface area contributed by atoms with E-state index in [4.69, 9.17) is 20.2 Å². The number of rotatable bonds is 7. The SMILES string of the molecule is Cc1cc(C)c(Oc2nc(C3CCOCC3)ccc2C(=O)CS(=O)(=O)c2cccc(N)n2)c(C)c1. The molecule has 0 amide bonds. The number of anilines is 1. The topological polar surface area (TPSA) is 121 Å². The smallest absolute Gasteiger partial charge is 0.230 e. The minimum atomic E-state index is -4.01. The first-order chi connectivity index (χ1) is 16.6. The van der Waals surface area contributed by atoms with Gasteiger partial charge >= 0.3 is 0 Å². The van der Waals surface area contributed by atoms with Gasteiger partial charge in [0, 0.05) is 24.8 Å². The minimum absolute atomic E-state index is 0.0651. The molecule has 3 aromatic rings. The van der Waals surface area contributed by atoms with Crippen LogP contribution < -0.4 is 10.5 Å². The van der Waals surface area contributed by atoms with Gasteiger partial charge in [0.25, 0.3) is 0 Å². The summed E-state index contributed by atoms with van der Waals surface area (Å²) >= 11 is 0. The van der Waals surface area contributed by atoms with Gasteiger partial charge in [-0.2, -0.15) is 0 Å². The quantitative estimate of drug-likeness (QED) is 0.481. The Labute approximate surface area is 205 Å². The summed E-state index contributed by atoms with van der Waals surface area (Å²) < 4.78 is 37.5. The lowest BCUT2D eigenvalue weighted by Crippen LogP contribution is -2.20. The van der Waals surface area contributed by atoms with Crippen molar-refractivity contribution in [1.82, 2.24) is 9.97 Å². The summed E-state index contributed by atoms with van der Waals surface area (Å²) in [5.41, 5.74) is 9.42. The van der Waals surface area contributed by atoms with Gasteiger partial charge < -0.3 is 15.2 Å². The van der Waals surface area contributed by atoms with Crippen LogP contribution in [0.25, 0.3) is 0 Å². The summed E-state index contributed by atoms with van der Waals surface area (Å²) in [5.74, 6) is -0.459. The largest absolute Gasteiger partial charge is 0.438 e. The first-order valence-electron chi connectivity index (χ1n) is 11.5. The van der Waals surface area contributed by atoms with Crippen molar-refractivity contribution in [3.8, 4) is 11.6 Å². The van der Waals surface area contributed by atoms with Crippen molar-refractivity contribution < 1.29 is 22.7 Å². The highest BCUT2D eigenvalue weighted by molar-refractivity contribution is 7.92. The van der Waals surface area contributed by atoms with Gasteiger partial charge in [-0.3, -0.25) is 4.79 Å². The van der Waals surface area contributed by atoms with Gasteiger partial charge in [-0.15, -0.1) is 0 Å². The number of Topliss-reactive ketones (excluding diaryl/α,β-unsaturated/α-hetero) is 1. The van der Waals surface area contributed by atoms with Gasteiger partial charge in [0.05, 0.1) is 5.56 Å². The number of pyridine rings is 2. The molecule has 0 saturated carbocycles. The summed E-state index contributed by atoms with van der Waals surface area (Å²) in [7, 11) is -4.01. The van der Waals surface area contributed by atoms with E-state index in [0.29, 0.717) is 19.0 Å². The van der Waals surface area contributed by atoms with E-state index in [2.05, 4.69) is 4.98 Å². The third-order valence-electron chi connectivity index (χ3n) is 6.01. The normalized spacial score (nSPS) is 14.6. The molecule has 1 aliphatic heterocycles. The maximum Gasteiger partial charge on any atom is 0.230 e. The van der Waals surface area contributed by atoms with Crippen molar-refractivity contribution in [2.45, 2.75) is 44.6 Å². The number of carbonyl (C=O) groups excluding carboxylic acids is 1. The van der Waals surface area contributed by atoms with Crippen LogP contribution in [-0.4, -0.2) is 43.1 Å². The lowest BCUT2D eigenvalue weighted by molar-refractivity contribution is 0.0843. The molecule has 0 radical (unpaired) electrons. The molecule has 2 N–H and O–H groups in total. The van der Waals surface area contributed by atoms with Crippen LogP contribution in [-0.2, 0) is 14.6 Å². The first kappa shape index (κ1) is 24.8. The standard InChI is InChI=1S/C26H29N3O5S/c1-16-13-17(2)25(18(3)14-16)34-26-20(7-8-21(28-26)19-9-11-33-12-10-19)22(30)15-35(31,32)24-6-4-5-23(27)29-24/h4-8,13-14,19H,9-12,15H2,1-3H3,(H2,27,29). The van der Waals surface area contributed by atoms with Crippen molar-refractivity contribution in [3.63, 3.8) is 0 Å². The molecule has 2 aromatic heterocycles. The summed E-state index contributed by atoms with van der Waals surface area (Å²) in [5, 5.41) is -0.245. The molecule has 1 fully saturated rings. The van der Waals surface area contributed by atoms with Crippen LogP contribution in [0.3, 0.4) is 0 Å². The van der Waals surface area contributed by atoms with E-state index < -0.39 is 21.4 Å². The van der Waals surface area contributed by atoms with Gasteiger partial charge in [-0.25, -0.2) is 18.4 Å². The number of carbonyl (C=O) groups is 1. The summed E-state index contributed by atoms with van der Waals surface area (Å²) in [6.07, 6.45) is 1.63. The van der Waals surface area contributed by atoms with Crippen molar-refractivity contribution in [2.24, 2.45) is 0 Å². The lowest BCUT2D eigenvalue weighted by Gasteiger charge is -2.23. The molecule has 8 nitrogen and oxygen atoms in total. The summed E-state index contributed by atoms with van der Waals surface area (Å²) in [6, 6.07) is 11.7.